The number of rotatable bonds is 3. The first-order valence-electron chi connectivity index (χ1n) is 3.73. The fraction of sp³-hybridized carbons (Fsp3) is 0.429. The van der Waals surface area contributed by atoms with Crippen LogP contribution in [0, 0.1) is 0 Å². The van der Waals surface area contributed by atoms with Gasteiger partial charge in [0.05, 0.1) is 6.20 Å². The van der Waals surface area contributed by atoms with Gasteiger partial charge in [0.25, 0.3) is 0 Å². The molecule has 72 valence electrons. The second-order valence-electron chi connectivity index (χ2n) is 2.79. The van der Waals surface area contributed by atoms with Crippen molar-refractivity contribution in [3.63, 3.8) is 0 Å². The summed E-state index contributed by atoms with van der Waals surface area (Å²) in [6.45, 7) is 0. The van der Waals surface area contributed by atoms with Crippen LogP contribution in [0.3, 0.4) is 0 Å². The molecule has 0 radical (unpaired) electrons. The number of hydrogen-bond acceptors (Lipinski definition) is 3. The van der Waals surface area contributed by atoms with E-state index in [-0.39, 0.29) is 12.5 Å². The molecule has 0 fully saturated rings. The molecule has 1 amide bonds. The summed E-state index contributed by atoms with van der Waals surface area (Å²) < 4.78 is 2.41. The summed E-state index contributed by atoms with van der Waals surface area (Å²) in [6, 6.07) is -0.388. The molecule has 0 aliphatic carbocycles. The predicted molar refractivity (Wildman–Crippen MR) is 51.6 cm³/mol. The van der Waals surface area contributed by atoms with Crippen LogP contribution < -0.4 is 11.5 Å². The molecule has 0 aliphatic rings. The lowest BCUT2D eigenvalue weighted by atomic mass is 10.1. The largest absolute Gasteiger partial charge is 0.370 e. The highest BCUT2D eigenvalue weighted by Crippen LogP contribution is 2.22. The van der Waals surface area contributed by atoms with Gasteiger partial charge in [-0.3, -0.25) is 9.48 Å². The second-order valence-corrected chi connectivity index (χ2v) is 3.54. The minimum absolute atomic E-state index is 0.129. The maximum absolute atomic E-state index is 10.6. The Labute approximate surface area is 84.2 Å². The molecular weight excluding hydrogens is 236 g/mol. The van der Waals surface area contributed by atoms with Crippen molar-refractivity contribution in [1.29, 1.82) is 0 Å². The van der Waals surface area contributed by atoms with Gasteiger partial charge < -0.3 is 11.5 Å². The molecule has 1 aromatic rings. The molecule has 0 saturated carbocycles. The highest BCUT2D eigenvalue weighted by molar-refractivity contribution is 9.10. The Morgan fingerprint density at radius 2 is 2.46 bits per heavy atom. The molecule has 6 heteroatoms. The van der Waals surface area contributed by atoms with Crippen LogP contribution in [0.1, 0.15) is 18.0 Å². The molecule has 13 heavy (non-hydrogen) atoms. The van der Waals surface area contributed by atoms with Gasteiger partial charge in [0.15, 0.2) is 0 Å². The lowest BCUT2D eigenvalue weighted by molar-refractivity contribution is -0.118. The van der Waals surface area contributed by atoms with Crippen LogP contribution in [0.2, 0.25) is 0 Å². The van der Waals surface area contributed by atoms with Crippen molar-refractivity contribution in [3.8, 4) is 0 Å². The normalized spacial score (nSPS) is 12.8. The molecule has 1 rings (SSSR count). The minimum atomic E-state index is -0.414. The topological polar surface area (TPSA) is 86.9 Å². The number of nitrogens with two attached hydrogens (primary N) is 2. The number of primary amides is 1. The maximum atomic E-state index is 10.6. The summed E-state index contributed by atoms with van der Waals surface area (Å²) in [7, 11) is 1.78. The van der Waals surface area contributed by atoms with Crippen molar-refractivity contribution in [1.82, 2.24) is 9.78 Å². The van der Waals surface area contributed by atoms with Crippen LogP contribution in [0.5, 0.6) is 0 Å². The van der Waals surface area contributed by atoms with Gasteiger partial charge in [-0.2, -0.15) is 5.10 Å². The fourth-order valence-corrected chi connectivity index (χ4v) is 1.50. The molecule has 0 aromatic carbocycles. The number of amides is 1. The zero-order valence-corrected chi connectivity index (χ0v) is 8.78. The number of aryl methyl sites for hydroxylation is 1. The monoisotopic (exact) mass is 246 g/mol. The highest BCUT2D eigenvalue weighted by Gasteiger charge is 2.15. The van der Waals surface area contributed by atoms with Crippen molar-refractivity contribution in [2.45, 2.75) is 12.5 Å². The van der Waals surface area contributed by atoms with Crippen molar-refractivity contribution < 1.29 is 4.79 Å². The SMILES string of the molecule is Cn1ncc([C@H](N)CC(N)=O)c1Br. The van der Waals surface area contributed by atoms with Crippen LogP contribution >= 0.6 is 15.9 Å². The van der Waals surface area contributed by atoms with Gasteiger partial charge in [0, 0.05) is 25.1 Å². The summed E-state index contributed by atoms with van der Waals surface area (Å²) in [5, 5.41) is 3.98. The van der Waals surface area contributed by atoms with E-state index in [4.69, 9.17) is 11.5 Å². The van der Waals surface area contributed by atoms with Gasteiger partial charge in [-0.1, -0.05) is 0 Å². The first-order chi connectivity index (χ1) is 6.02. The van der Waals surface area contributed by atoms with Gasteiger partial charge in [0.1, 0.15) is 4.60 Å². The summed E-state index contributed by atoms with van der Waals surface area (Å²) in [5.74, 6) is -0.414. The summed E-state index contributed by atoms with van der Waals surface area (Å²) in [5.41, 5.74) is 11.5. The van der Waals surface area contributed by atoms with Crippen LogP contribution in [-0.2, 0) is 11.8 Å². The fourth-order valence-electron chi connectivity index (χ4n) is 1.02. The Balaban J connectivity index is 2.82. The molecule has 0 spiro atoms. The van der Waals surface area contributed by atoms with Gasteiger partial charge in [-0.05, 0) is 15.9 Å². The second kappa shape index (κ2) is 3.89. The Kier molecular flexibility index (Phi) is 3.05. The highest BCUT2D eigenvalue weighted by atomic mass is 79.9. The van der Waals surface area contributed by atoms with Gasteiger partial charge in [0.2, 0.25) is 5.91 Å². The molecule has 0 saturated heterocycles. The molecule has 1 atom stereocenters. The number of carbonyl (C=O) groups is 1. The maximum Gasteiger partial charge on any atom is 0.219 e. The van der Waals surface area contributed by atoms with Crippen molar-refractivity contribution in [2.24, 2.45) is 18.5 Å². The third kappa shape index (κ3) is 2.28. The van der Waals surface area contributed by atoms with E-state index in [0.29, 0.717) is 0 Å². The van der Waals surface area contributed by atoms with E-state index in [1.165, 1.54) is 0 Å². The van der Waals surface area contributed by atoms with Crippen molar-refractivity contribution in [3.05, 3.63) is 16.4 Å². The Morgan fingerprint density at radius 3 is 2.85 bits per heavy atom. The van der Waals surface area contributed by atoms with Crippen LogP contribution in [0.4, 0.5) is 0 Å². The minimum Gasteiger partial charge on any atom is -0.370 e. The first kappa shape index (κ1) is 10.2. The van der Waals surface area contributed by atoms with E-state index in [9.17, 15) is 4.79 Å². The lowest BCUT2D eigenvalue weighted by Gasteiger charge is -2.07. The molecular formula is C7H11BrN4O. The average Bonchev–Trinajstić information content (AvgIpc) is 2.31. The smallest absolute Gasteiger partial charge is 0.219 e. The number of halogens is 1. The molecule has 5 nitrogen and oxygen atoms in total. The first-order valence-corrected chi connectivity index (χ1v) is 4.53. The lowest BCUT2D eigenvalue weighted by Crippen LogP contribution is -2.20. The van der Waals surface area contributed by atoms with E-state index in [0.717, 1.165) is 10.2 Å². The Hall–Kier alpha value is -0.880. The predicted octanol–water partition coefficient (Wildman–Crippen LogP) is 0.0578. The standard InChI is InChI=1S/C7H11BrN4O/c1-12-7(8)4(3-11-12)5(9)2-6(10)13/h3,5H,2,9H2,1H3,(H2,10,13)/t5-/m1/s1. The van der Waals surface area contributed by atoms with Gasteiger partial charge in [-0.15, -0.1) is 0 Å². The summed E-state index contributed by atoms with van der Waals surface area (Å²) in [4.78, 5) is 10.6. The van der Waals surface area contributed by atoms with Crippen LogP contribution in [0.25, 0.3) is 0 Å². The van der Waals surface area contributed by atoms with Crippen LogP contribution in [0.15, 0.2) is 10.8 Å². The molecule has 4 N–H and O–H groups in total. The third-order valence-electron chi connectivity index (χ3n) is 1.71. The van der Waals surface area contributed by atoms with Crippen molar-refractivity contribution in [2.75, 3.05) is 0 Å². The van der Waals surface area contributed by atoms with E-state index in [2.05, 4.69) is 21.0 Å². The number of nitrogens with zero attached hydrogens (tertiary/aromatic N) is 2. The van der Waals surface area contributed by atoms with Gasteiger partial charge >= 0.3 is 0 Å². The molecule has 1 aromatic heterocycles. The zero-order chi connectivity index (χ0) is 10.0. The molecule has 0 bridgehead atoms. The number of carbonyl (C=O) groups excluding carboxylic acids is 1. The van der Waals surface area contributed by atoms with Gasteiger partial charge in [-0.25, -0.2) is 0 Å². The molecule has 1 heterocycles. The zero-order valence-electron chi connectivity index (χ0n) is 7.20. The Morgan fingerprint density at radius 1 is 1.85 bits per heavy atom. The summed E-state index contributed by atoms with van der Waals surface area (Å²) >= 11 is 3.31. The van der Waals surface area contributed by atoms with Crippen LogP contribution in [-0.4, -0.2) is 15.7 Å². The average molecular weight is 247 g/mol. The summed E-state index contributed by atoms with van der Waals surface area (Å²) in [6.07, 6.45) is 1.75. The number of hydrogen-bond donors (Lipinski definition) is 2. The van der Waals surface area contributed by atoms with E-state index >= 15 is 0 Å². The van der Waals surface area contributed by atoms with E-state index < -0.39 is 5.91 Å². The van der Waals surface area contributed by atoms with E-state index in [1.807, 2.05) is 0 Å². The molecule has 0 aliphatic heterocycles. The number of aromatic nitrogens is 2. The van der Waals surface area contributed by atoms with E-state index in [1.54, 1.807) is 17.9 Å². The Bertz CT molecular complexity index is 322. The quantitative estimate of drug-likeness (QED) is 0.791. The third-order valence-corrected chi connectivity index (χ3v) is 2.68. The molecule has 0 unspecified atom stereocenters. The van der Waals surface area contributed by atoms with Crippen molar-refractivity contribution >= 4 is 21.8 Å².